The van der Waals surface area contributed by atoms with E-state index in [2.05, 4.69) is 49.0 Å². The third-order valence-corrected chi connectivity index (χ3v) is 4.58. The van der Waals surface area contributed by atoms with Crippen LogP contribution < -0.4 is 0 Å². The summed E-state index contributed by atoms with van der Waals surface area (Å²) in [6, 6.07) is 12.4. The molecule has 0 saturated carbocycles. The van der Waals surface area contributed by atoms with Gasteiger partial charge in [0, 0.05) is 49.0 Å². The molecular weight excluding hydrogens is 286 g/mol. The second kappa shape index (κ2) is 6.38. The fraction of sp³-hybridized carbons (Fsp3) is 0.333. The standard InChI is InChI=1S/C18H21N5/c1-2-9-19-18(7-1)23-12-4-6-16(23)14-22-11-3-5-15(13-22)17-8-10-20-21-17/h1-2,4,6-10,12,15H,3,5,11,13-14H2,(H,20,21). The average molecular weight is 307 g/mol. The Morgan fingerprint density at radius 2 is 2.13 bits per heavy atom. The highest BCUT2D eigenvalue weighted by Crippen LogP contribution is 2.26. The van der Waals surface area contributed by atoms with E-state index in [1.54, 1.807) is 0 Å². The summed E-state index contributed by atoms with van der Waals surface area (Å²) in [5.74, 6) is 1.54. The van der Waals surface area contributed by atoms with Gasteiger partial charge in [0.15, 0.2) is 0 Å². The number of pyridine rings is 1. The molecule has 4 heterocycles. The first-order chi connectivity index (χ1) is 11.4. The molecule has 5 heteroatoms. The normalized spacial score (nSPS) is 19.0. The van der Waals surface area contributed by atoms with E-state index in [-0.39, 0.29) is 0 Å². The molecule has 1 unspecified atom stereocenters. The van der Waals surface area contributed by atoms with Gasteiger partial charge in [-0.05, 0) is 49.7 Å². The van der Waals surface area contributed by atoms with Crippen LogP contribution in [-0.4, -0.2) is 37.7 Å². The second-order valence-electron chi connectivity index (χ2n) is 6.14. The third kappa shape index (κ3) is 3.05. The SMILES string of the molecule is c1ccc(-n2cccc2CN2CCCC(c3ccn[nH]3)C2)nc1. The third-order valence-electron chi connectivity index (χ3n) is 4.58. The van der Waals surface area contributed by atoms with Crippen LogP contribution in [0, 0.1) is 0 Å². The summed E-state index contributed by atoms with van der Waals surface area (Å²) in [4.78, 5) is 6.99. The molecule has 3 aromatic heterocycles. The molecule has 1 atom stereocenters. The summed E-state index contributed by atoms with van der Waals surface area (Å²) in [5.41, 5.74) is 2.55. The molecule has 0 amide bonds. The predicted octanol–water partition coefficient (Wildman–Crippen LogP) is 2.98. The number of hydrogen-bond acceptors (Lipinski definition) is 3. The Balaban J connectivity index is 1.49. The number of hydrogen-bond donors (Lipinski definition) is 1. The van der Waals surface area contributed by atoms with Crippen LogP contribution in [0.1, 0.15) is 30.1 Å². The first-order valence-corrected chi connectivity index (χ1v) is 8.19. The minimum Gasteiger partial charge on any atom is -0.304 e. The van der Waals surface area contributed by atoms with Crippen molar-refractivity contribution in [2.75, 3.05) is 13.1 Å². The van der Waals surface area contributed by atoms with E-state index in [0.29, 0.717) is 5.92 Å². The number of rotatable bonds is 4. The first kappa shape index (κ1) is 14.2. The van der Waals surface area contributed by atoms with Crippen molar-refractivity contribution in [3.8, 4) is 5.82 Å². The first-order valence-electron chi connectivity index (χ1n) is 8.19. The largest absolute Gasteiger partial charge is 0.304 e. The average Bonchev–Trinajstić information content (AvgIpc) is 3.28. The van der Waals surface area contributed by atoms with Crippen molar-refractivity contribution in [2.24, 2.45) is 0 Å². The van der Waals surface area contributed by atoms with Crippen molar-refractivity contribution >= 4 is 0 Å². The lowest BCUT2D eigenvalue weighted by Crippen LogP contribution is -2.34. The molecule has 0 aromatic carbocycles. The molecule has 0 bridgehead atoms. The number of nitrogens with zero attached hydrogens (tertiary/aromatic N) is 4. The Kier molecular flexibility index (Phi) is 3.94. The van der Waals surface area contributed by atoms with Crippen LogP contribution in [0.15, 0.2) is 55.0 Å². The van der Waals surface area contributed by atoms with Crippen LogP contribution in [0.25, 0.3) is 5.82 Å². The molecule has 1 saturated heterocycles. The molecule has 0 radical (unpaired) electrons. The van der Waals surface area contributed by atoms with Crippen LogP contribution >= 0.6 is 0 Å². The van der Waals surface area contributed by atoms with Gasteiger partial charge in [0.25, 0.3) is 0 Å². The number of nitrogens with one attached hydrogen (secondary N) is 1. The second-order valence-corrected chi connectivity index (χ2v) is 6.14. The van der Waals surface area contributed by atoms with E-state index in [1.165, 1.54) is 24.2 Å². The van der Waals surface area contributed by atoms with Gasteiger partial charge in [0.1, 0.15) is 5.82 Å². The van der Waals surface area contributed by atoms with E-state index in [4.69, 9.17) is 0 Å². The Hall–Kier alpha value is -2.40. The predicted molar refractivity (Wildman–Crippen MR) is 89.4 cm³/mol. The molecular formula is C18H21N5. The summed E-state index contributed by atoms with van der Waals surface area (Å²) in [7, 11) is 0. The molecule has 1 fully saturated rings. The zero-order chi connectivity index (χ0) is 15.5. The van der Waals surface area contributed by atoms with Gasteiger partial charge in [0.2, 0.25) is 0 Å². The maximum Gasteiger partial charge on any atom is 0.136 e. The fourth-order valence-electron chi connectivity index (χ4n) is 3.44. The summed E-state index contributed by atoms with van der Waals surface area (Å²) in [5, 5.41) is 7.23. The van der Waals surface area contributed by atoms with E-state index < -0.39 is 0 Å². The van der Waals surface area contributed by atoms with Gasteiger partial charge in [-0.25, -0.2) is 4.98 Å². The van der Waals surface area contributed by atoms with Gasteiger partial charge in [-0.15, -0.1) is 0 Å². The van der Waals surface area contributed by atoms with Gasteiger partial charge in [-0.3, -0.25) is 10.00 Å². The van der Waals surface area contributed by atoms with Crippen LogP contribution in [0.4, 0.5) is 0 Å². The Morgan fingerprint density at radius 3 is 2.96 bits per heavy atom. The smallest absolute Gasteiger partial charge is 0.136 e. The molecule has 1 N–H and O–H groups in total. The lowest BCUT2D eigenvalue weighted by atomic mass is 9.95. The quantitative estimate of drug-likeness (QED) is 0.806. The lowest BCUT2D eigenvalue weighted by Gasteiger charge is -2.32. The van der Waals surface area contributed by atoms with Crippen molar-refractivity contribution in [2.45, 2.75) is 25.3 Å². The number of piperidine rings is 1. The highest BCUT2D eigenvalue weighted by molar-refractivity contribution is 5.27. The number of aromatic nitrogens is 4. The number of H-pyrrole nitrogens is 1. The van der Waals surface area contributed by atoms with Gasteiger partial charge in [-0.2, -0.15) is 5.10 Å². The maximum absolute atomic E-state index is 4.46. The highest BCUT2D eigenvalue weighted by Gasteiger charge is 2.23. The maximum atomic E-state index is 4.46. The van der Waals surface area contributed by atoms with Gasteiger partial charge in [0.05, 0.1) is 0 Å². The van der Waals surface area contributed by atoms with Crippen molar-refractivity contribution in [3.05, 3.63) is 66.4 Å². The zero-order valence-corrected chi connectivity index (χ0v) is 13.1. The van der Waals surface area contributed by atoms with Gasteiger partial charge < -0.3 is 4.57 Å². The molecule has 0 spiro atoms. The van der Waals surface area contributed by atoms with Gasteiger partial charge in [-0.1, -0.05) is 6.07 Å². The fourth-order valence-corrected chi connectivity index (χ4v) is 3.44. The monoisotopic (exact) mass is 307 g/mol. The van der Waals surface area contributed by atoms with Crippen molar-refractivity contribution in [3.63, 3.8) is 0 Å². The summed E-state index contributed by atoms with van der Waals surface area (Å²) in [6.07, 6.45) is 8.25. The molecule has 0 aliphatic carbocycles. The molecule has 4 rings (SSSR count). The topological polar surface area (TPSA) is 49.7 Å². The van der Waals surface area contributed by atoms with E-state index in [0.717, 1.165) is 25.5 Å². The van der Waals surface area contributed by atoms with Crippen LogP contribution in [-0.2, 0) is 6.54 Å². The number of aromatic amines is 1. The van der Waals surface area contributed by atoms with Crippen molar-refractivity contribution < 1.29 is 0 Å². The van der Waals surface area contributed by atoms with E-state index >= 15 is 0 Å². The van der Waals surface area contributed by atoms with Crippen LogP contribution in [0.2, 0.25) is 0 Å². The highest BCUT2D eigenvalue weighted by atomic mass is 15.2. The summed E-state index contributed by atoms with van der Waals surface area (Å²) >= 11 is 0. The molecule has 1 aliphatic rings. The van der Waals surface area contributed by atoms with Crippen molar-refractivity contribution in [1.29, 1.82) is 0 Å². The minimum absolute atomic E-state index is 0.560. The molecule has 118 valence electrons. The lowest BCUT2D eigenvalue weighted by molar-refractivity contribution is 0.195. The minimum atomic E-state index is 0.560. The molecule has 1 aliphatic heterocycles. The Labute approximate surface area is 136 Å². The van der Waals surface area contributed by atoms with Crippen LogP contribution in [0.5, 0.6) is 0 Å². The van der Waals surface area contributed by atoms with Crippen molar-refractivity contribution in [1.82, 2.24) is 24.6 Å². The number of likely N-dealkylation sites (tertiary alicyclic amines) is 1. The molecule has 3 aromatic rings. The van der Waals surface area contributed by atoms with E-state index in [1.807, 2.05) is 30.6 Å². The molecule has 23 heavy (non-hydrogen) atoms. The van der Waals surface area contributed by atoms with Gasteiger partial charge >= 0.3 is 0 Å². The van der Waals surface area contributed by atoms with Crippen LogP contribution in [0.3, 0.4) is 0 Å². The zero-order valence-electron chi connectivity index (χ0n) is 13.1. The van der Waals surface area contributed by atoms with E-state index in [9.17, 15) is 0 Å². The Bertz CT molecular complexity index is 732. The molecule has 5 nitrogen and oxygen atoms in total. The summed E-state index contributed by atoms with van der Waals surface area (Å²) in [6.45, 7) is 3.18. The summed E-state index contributed by atoms with van der Waals surface area (Å²) < 4.78 is 2.18. The Morgan fingerprint density at radius 1 is 1.13 bits per heavy atom.